The third-order valence-corrected chi connectivity index (χ3v) is 3.77. The van der Waals surface area contributed by atoms with Crippen LogP contribution in [0.1, 0.15) is 25.7 Å². The van der Waals surface area contributed by atoms with E-state index in [1.165, 1.54) is 25.7 Å². The first-order valence-corrected chi connectivity index (χ1v) is 6.79. The van der Waals surface area contributed by atoms with Gasteiger partial charge in [0.05, 0.1) is 11.9 Å². The van der Waals surface area contributed by atoms with Crippen molar-refractivity contribution >= 4 is 23.3 Å². The van der Waals surface area contributed by atoms with Gasteiger partial charge in [0.1, 0.15) is 5.15 Å². The van der Waals surface area contributed by atoms with E-state index < -0.39 is 0 Å². The number of amides is 2. The molecule has 0 radical (unpaired) electrons. The Morgan fingerprint density at radius 3 is 2.44 bits per heavy atom. The van der Waals surface area contributed by atoms with Crippen molar-refractivity contribution in [1.82, 2.24) is 10.3 Å². The molecule has 1 aromatic heterocycles. The van der Waals surface area contributed by atoms with E-state index >= 15 is 0 Å². The Morgan fingerprint density at radius 2 is 1.94 bits per heavy atom. The Balaban J connectivity index is 1.55. The highest BCUT2D eigenvalue weighted by Gasteiger charge is 2.42. The maximum atomic E-state index is 11.9. The second-order valence-corrected chi connectivity index (χ2v) is 5.56. The molecule has 0 saturated heterocycles. The van der Waals surface area contributed by atoms with E-state index in [0.717, 1.165) is 0 Å². The van der Waals surface area contributed by atoms with Gasteiger partial charge in [-0.15, -0.1) is 0 Å². The Morgan fingerprint density at radius 1 is 1.28 bits per heavy atom. The minimum atomic E-state index is -0.136. The van der Waals surface area contributed by atoms with Crippen molar-refractivity contribution < 1.29 is 4.79 Å². The maximum absolute atomic E-state index is 11.9. The summed E-state index contributed by atoms with van der Waals surface area (Å²) in [6.45, 7) is 0. The minimum absolute atomic E-state index is 0.136. The number of rotatable bonds is 4. The number of nitrogens with one attached hydrogen (secondary N) is 2. The molecule has 0 aromatic carbocycles. The van der Waals surface area contributed by atoms with E-state index in [1.54, 1.807) is 18.3 Å². The van der Waals surface area contributed by atoms with Gasteiger partial charge in [0.2, 0.25) is 0 Å². The van der Waals surface area contributed by atoms with Crippen LogP contribution in [0.25, 0.3) is 0 Å². The highest BCUT2D eigenvalue weighted by Crippen LogP contribution is 2.44. The number of nitrogens with zero attached hydrogens (tertiary/aromatic N) is 1. The first-order chi connectivity index (χ1) is 8.72. The second-order valence-electron chi connectivity index (χ2n) is 5.17. The van der Waals surface area contributed by atoms with E-state index in [0.29, 0.717) is 28.7 Å². The third-order valence-electron chi connectivity index (χ3n) is 3.54. The van der Waals surface area contributed by atoms with Crippen LogP contribution < -0.4 is 10.6 Å². The van der Waals surface area contributed by atoms with Gasteiger partial charge in [-0.2, -0.15) is 0 Å². The first kappa shape index (κ1) is 11.8. The predicted octanol–water partition coefficient (Wildman–Crippen LogP) is 3.05. The summed E-state index contributed by atoms with van der Waals surface area (Å²) >= 11 is 5.69. The van der Waals surface area contributed by atoms with E-state index in [4.69, 9.17) is 11.6 Å². The molecule has 0 bridgehead atoms. The topological polar surface area (TPSA) is 54.0 Å². The van der Waals surface area contributed by atoms with E-state index in [-0.39, 0.29) is 6.03 Å². The Hall–Kier alpha value is -1.29. The molecule has 1 aromatic rings. The number of pyridine rings is 1. The molecular formula is C13H16ClN3O. The first-order valence-electron chi connectivity index (χ1n) is 6.41. The predicted molar refractivity (Wildman–Crippen MR) is 70.6 cm³/mol. The molecule has 0 atom stereocenters. The van der Waals surface area contributed by atoms with Crippen LogP contribution in [0.2, 0.25) is 5.15 Å². The van der Waals surface area contributed by atoms with E-state index in [9.17, 15) is 4.79 Å². The van der Waals surface area contributed by atoms with E-state index in [2.05, 4.69) is 15.6 Å². The lowest BCUT2D eigenvalue weighted by Crippen LogP contribution is -2.40. The van der Waals surface area contributed by atoms with Gasteiger partial charge >= 0.3 is 6.03 Å². The van der Waals surface area contributed by atoms with Gasteiger partial charge in [-0.25, -0.2) is 9.78 Å². The zero-order valence-electron chi connectivity index (χ0n) is 10.0. The standard InChI is InChI=1S/C13H16ClN3O/c14-11-6-5-10(7-15-11)16-13(18)17-12(8-1-2-8)9-3-4-9/h5-9,12H,1-4H2,(H2,16,17,18). The smallest absolute Gasteiger partial charge is 0.319 e. The summed E-state index contributed by atoms with van der Waals surface area (Å²) in [5.74, 6) is 1.40. The van der Waals surface area contributed by atoms with Gasteiger partial charge in [-0.05, 0) is 49.7 Å². The summed E-state index contributed by atoms with van der Waals surface area (Å²) in [7, 11) is 0. The van der Waals surface area contributed by atoms with Crippen molar-refractivity contribution in [3.63, 3.8) is 0 Å². The molecule has 0 aliphatic heterocycles. The molecule has 2 aliphatic carbocycles. The van der Waals surface area contributed by atoms with Gasteiger partial charge < -0.3 is 10.6 Å². The quantitative estimate of drug-likeness (QED) is 0.822. The molecule has 18 heavy (non-hydrogen) atoms. The monoisotopic (exact) mass is 265 g/mol. The number of hydrogen-bond acceptors (Lipinski definition) is 2. The van der Waals surface area contributed by atoms with Crippen LogP contribution in [0.3, 0.4) is 0 Å². The van der Waals surface area contributed by atoms with Crippen molar-refractivity contribution in [3.05, 3.63) is 23.5 Å². The second kappa shape index (κ2) is 4.76. The average Bonchev–Trinajstić information content (AvgIpc) is 3.22. The van der Waals surface area contributed by atoms with Gasteiger partial charge in [0.25, 0.3) is 0 Å². The van der Waals surface area contributed by atoms with Gasteiger partial charge in [0, 0.05) is 6.04 Å². The molecule has 2 saturated carbocycles. The van der Waals surface area contributed by atoms with Crippen molar-refractivity contribution in [2.24, 2.45) is 11.8 Å². The number of carbonyl (C=O) groups excluding carboxylic acids is 1. The summed E-state index contributed by atoms with van der Waals surface area (Å²) < 4.78 is 0. The molecule has 1 heterocycles. The molecule has 96 valence electrons. The molecule has 0 spiro atoms. The Kier molecular flexibility index (Phi) is 3.12. The molecule has 2 N–H and O–H groups in total. The van der Waals surface area contributed by atoms with Gasteiger partial charge in [-0.1, -0.05) is 11.6 Å². The lowest BCUT2D eigenvalue weighted by atomic mass is 10.1. The van der Waals surface area contributed by atoms with Crippen molar-refractivity contribution in [2.45, 2.75) is 31.7 Å². The zero-order valence-corrected chi connectivity index (χ0v) is 10.8. The Bertz CT molecular complexity index is 428. The summed E-state index contributed by atoms with van der Waals surface area (Å²) in [5, 5.41) is 6.31. The lowest BCUT2D eigenvalue weighted by Gasteiger charge is -2.17. The van der Waals surface area contributed by atoms with Crippen LogP contribution in [0.5, 0.6) is 0 Å². The molecular weight excluding hydrogens is 250 g/mol. The van der Waals surface area contributed by atoms with Gasteiger partial charge in [-0.3, -0.25) is 0 Å². The summed E-state index contributed by atoms with van der Waals surface area (Å²) in [6, 6.07) is 3.64. The average molecular weight is 266 g/mol. The van der Waals surface area contributed by atoms with Crippen LogP contribution in [-0.2, 0) is 0 Å². The van der Waals surface area contributed by atoms with Crippen molar-refractivity contribution in [3.8, 4) is 0 Å². The molecule has 0 unspecified atom stereocenters. The number of urea groups is 1. The number of anilines is 1. The Labute approximate surface area is 111 Å². The summed E-state index contributed by atoms with van der Waals surface area (Å²) in [6.07, 6.45) is 6.58. The number of hydrogen-bond donors (Lipinski definition) is 2. The summed E-state index contributed by atoms with van der Waals surface area (Å²) in [4.78, 5) is 15.8. The van der Waals surface area contributed by atoms with Crippen LogP contribution in [0.15, 0.2) is 18.3 Å². The lowest BCUT2D eigenvalue weighted by molar-refractivity contribution is 0.245. The van der Waals surface area contributed by atoms with Gasteiger partial charge in [0.15, 0.2) is 0 Å². The van der Waals surface area contributed by atoms with Crippen molar-refractivity contribution in [1.29, 1.82) is 0 Å². The van der Waals surface area contributed by atoms with Crippen molar-refractivity contribution in [2.75, 3.05) is 5.32 Å². The van der Waals surface area contributed by atoms with Crippen LogP contribution in [-0.4, -0.2) is 17.1 Å². The fraction of sp³-hybridized carbons (Fsp3) is 0.538. The fourth-order valence-corrected chi connectivity index (χ4v) is 2.41. The zero-order chi connectivity index (χ0) is 12.5. The highest BCUT2D eigenvalue weighted by atomic mass is 35.5. The highest BCUT2D eigenvalue weighted by molar-refractivity contribution is 6.29. The minimum Gasteiger partial charge on any atom is -0.335 e. The number of aromatic nitrogens is 1. The number of halogens is 1. The number of carbonyl (C=O) groups is 1. The molecule has 5 heteroatoms. The molecule has 3 rings (SSSR count). The molecule has 2 fully saturated rings. The van der Waals surface area contributed by atoms with Crippen LogP contribution in [0.4, 0.5) is 10.5 Å². The largest absolute Gasteiger partial charge is 0.335 e. The molecule has 2 amide bonds. The summed E-state index contributed by atoms with van der Waals surface area (Å²) in [5.41, 5.74) is 0.669. The van der Waals surface area contributed by atoms with Crippen LogP contribution >= 0.6 is 11.6 Å². The molecule has 4 nitrogen and oxygen atoms in total. The fourth-order valence-electron chi connectivity index (χ4n) is 2.30. The third kappa shape index (κ3) is 2.93. The van der Waals surface area contributed by atoms with E-state index in [1.807, 2.05) is 0 Å². The SMILES string of the molecule is O=C(Nc1ccc(Cl)nc1)NC(C1CC1)C1CC1. The molecule has 2 aliphatic rings. The normalized spacial score (nSPS) is 18.8. The maximum Gasteiger partial charge on any atom is 0.319 e. The van der Waals surface area contributed by atoms with Crippen LogP contribution in [0, 0.1) is 11.8 Å².